The van der Waals surface area contributed by atoms with Crippen LogP contribution in [0.4, 0.5) is 5.69 Å². The van der Waals surface area contributed by atoms with Crippen molar-refractivity contribution in [2.75, 3.05) is 5.32 Å². The minimum absolute atomic E-state index is 0.151. The first-order chi connectivity index (χ1) is 21.2. The predicted molar refractivity (Wildman–Crippen MR) is 170 cm³/mol. The van der Waals surface area contributed by atoms with E-state index in [-0.39, 0.29) is 17.0 Å². The number of carbonyl (C=O) groups excluding carboxylic acids is 1. The number of fused-ring (bicyclic) bond motifs is 1. The van der Waals surface area contributed by atoms with Gasteiger partial charge in [0.15, 0.2) is 4.80 Å². The van der Waals surface area contributed by atoms with E-state index in [2.05, 4.69) is 19.2 Å². The number of thiazole rings is 1. The molecule has 0 saturated carbocycles. The van der Waals surface area contributed by atoms with Gasteiger partial charge in [-0.05, 0) is 60.4 Å². The third-order valence-electron chi connectivity index (χ3n) is 7.51. The van der Waals surface area contributed by atoms with E-state index in [9.17, 15) is 19.5 Å². The number of para-hydroxylation sites is 1. The lowest BCUT2D eigenvalue weighted by molar-refractivity contribution is -0.113. The van der Waals surface area contributed by atoms with Crippen LogP contribution in [0.25, 0.3) is 17.4 Å². The molecule has 220 valence electrons. The molecule has 0 radical (unpaired) electrons. The van der Waals surface area contributed by atoms with Gasteiger partial charge in [0.2, 0.25) is 0 Å². The van der Waals surface area contributed by atoms with Gasteiger partial charge in [0.1, 0.15) is 11.5 Å². The highest BCUT2D eigenvalue weighted by atomic mass is 32.1. The van der Waals surface area contributed by atoms with Crippen molar-refractivity contribution < 1.29 is 19.1 Å². The van der Waals surface area contributed by atoms with Crippen LogP contribution in [0.1, 0.15) is 60.0 Å². The molecule has 1 aliphatic heterocycles. The zero-order valence-corrected chi connectivity index (χ0v) is 25.1. The van der Waals surface area contributed by atoms with Crippen molar-refractivity contribution in [3.8, 4) is 11.3 Å². The number of benzene rings is 3. The van der Waals surface area contributed by atoms with E-state index in [0.717, 1.165) is 11.1 Å². The topological polar surface area (TPSA) is 114 Å². The van der Waals surface area contributed by atoms with E-state index in [1.807, 2.05) is 54.6 Å². The normalized spacial score (nSPS) is 14.8. The Kier molecular flexibility index (Phi) is 7.71. The second-order valence-corrected chi connectivity index (χ2v) is 11.8. The summed E-state index contributed by atoms with van der Waals surface area (Å²) in [6.07, 6.45) is 1.65. The summed E-state index contributed by atoms with van der Waals surface area (Å²) in [5, 5.41) is 12.3. The second kappa shape index (κ2) is 11.8. The van der Waals surface area contributed by atoms with Crippen molar-refractivity contribution in [2.24, 2.45) is 4.99 Å². The van der Waals surface area contributed by atoms with Gasteiger partial charge in [-0.25, -0.2) is 9.79 Å². The van der Waals surface area contributed by atoms with Gasteiger partial charge in [-0.2, -0.15) is 0 Å². The highest BCUT2D eigenvalue weighted by Gasteiger charge is 2.32. The van der Waals surface area contributed by atoms with Crippen LogP contribution in [-0.4, -0.2) is 21.6 Å². The van der Waals surface area contributed by atoms with E-state index in [0.29, 0.717) is 49.3 Å². The van der Waals surface area contributed by atoms with Crippen molar-refractivity contribution in [2.45, 2.75) is 32.7 Å². The molecule has 1 unspecified atom stereocenters. The van der Waals surface area contributed by atoms with E-state index in [1.54, 1.807) is 41.8 Å². The standard InChI is InChI=1S/C35H29N3O5S/c1-20(2)22-12-14-23(15-13-22)31-30(32(39)37-26-10-5-4-6-11-26)21(3)36-35-38(31)33(40)29(44-35)19-27-16-17-28(43-27)24-8-7-9-25(18-24)34(41)42/h4-20,31H,1-3H3,(H,37,39)(H,41,42)/b29-19-. The monoisotopic (exact) mass is 603 g/mol. The summed E-state index contributed by atoms with van der Waals surface area (Å²) in [6.45, 7) is 6.02. The Labute approximate surface area is 257 Å². The van der Waals surface area contributed by atoms with Crippen LogP contribution in [0.2, 0.25) is 0 Å². The second-order valence-electron chi connectivity index (χ2n) is 10.8. The highest BCUT2D eigenvalue weighted by Crippen LogP contribution is 2.32. The third kappa shape index (κ3) is 5.57. The number of hydrogen-bond donors (Lipinski definition) is 2. The largest absolute Gasteiger partial charge is 0.478 e. The first-order valence-corrected chi connectivity index (χ1v) is 14.9. The van der Waals surface area contributed by atoms with Gasteiger partial charge >= 0.3 is 5.97 Å². The molecular weight excluding hydrogens is 574 g/mol. The Bertz CT molecular complexity index is 2100. The van der Waals surface area contributed by atoms with Crippen LogP contribution in [0.5, 0.6) is 0 Å². The maximum atomic E-state index is 14.0. The maximum Gasteiger partial charge on any atom is 0.335 e. The van der Waals surface area contributed by atoms with E-state index >= 15 is 0 Å². The molecule has 3 aromatic carbocycles. The number of rotatable bonds is 7. The molecule has 1 amide bonds. The molecule has 9 heteroatoms. The molecule has 0 spiro atoms. The number of hydrogen-bond acceptors (Lipinski definition) is 6. The summed E-state index contributed by atoms with van der Waals surface area (Å²) < 4.78 is 7.97. The minimum atomic E-state index is -1.03. The van der Waals surface area contributed by atoms with Crippen LogP contribution in [-0.2, 0) is 4.79 Å². The molecule has 1 aliphatic rings. The number of carboxylic acids is 1. The van der Waals surface area contributed by atoms with Gasteiger partial charge in [-0.1, -0.05) is 79.8 Å². The Morgan fingerprint density at radius 1 is 1.00 bits per heavy atom. The average molecular weight is 604 g/mol. The van der Waals surface area contributed by atoms with Crippen LogP contribution in [0, 0.1) is 0 Å². The number of anilines is 1. The number of carboxylic acid groups (broad SMARTS) is 1. The number of nitrogens with one attached hydrogen (secondary N) is 1. The number of amides is 1. The molecule has 2 aromatic heterocycles. The molecule has 0 bridgehead atoms. The molecule has 0 fully saturated rings. The number of allylic oxidation sites excluding steroid dienone is 1. The first-order valence-electron chi connectivity index (χ1n) is 14.1. The lowest BCUT2D eigenvalue weighted by Gasteiger charge is -2.25. The van der Waals surface area contributed by atoms with E-state index in [1.165, 1.54) is 23.5 Å². The lowest BCUT2D eigenvalue weighted by Crippen LogP contribution is -2.40. The zero-order valence-electron chi connectivity index (χ0n) is 24.3. The predicted octanol–water partition coefficient (Wildman–Crippen LogP) is 5.96. The summed E-state index contributed by atoms with van der Waals surface area (Å²) in [5.41, 5.74) is 3.99. The van der Waals surface area contributed by atoms with Crippen LogP contribution >= 0.6 is 11.3 Å². The molecule has 3 heterocycles. The minimum Gasteiger partial charge on any atom is -0.478 e. The fraction of sp³-hybridized carbons (Fsp3) is 0.143. The lowest BCUT2D eigenvalue weighted by atomic mass is 9.93. The molecule has 2 N–H and O–H groups in total. The molecule has 8 nitrogen and oxygen atoms in total. The van der Waals surface area contributed by atoms with Gasteiger partial charge in [-0.3, -0.25) is 14.2 Å². The molecular formula is C35H29N3O5S. The van der Waals surface area contributed by atoms with Crippen molar-refractivity contribution in [1.29, 1.82) is 0 Å². The SMILES string of the molecule is CC1=C(C(=O)Nc2ccccc2)C(c2ccc(C(C)C)cc2)n2c(s/c(=C\c3ccc(-c4cccc(C(=O)O)c4)o3)c2=O)=N1. The maximum absolute atomic E-state index is 14.0. The Hall–Kier alpha value is -5.28. The van der Waals surface area contributed by atoms with Gasteiger partial charge in [-0.15, -0.1) is 0 Å². The average Bonchev–Trinajstić information content (AvgIpc) is 3.61. The summed E-state index contributed by atoms with van der Waals surface area (Å²) in [5.74, 6) is -0.120. The Morgan fingerprint density at radius 2 is 1.75 bits per heavy atom. The van der Waals surface area contributed by atoms with Crippen LogP contribution in [0.15, 0.2) is 116 Å². The van der Waals surface area contributed by atoms with Crippen molar-refractivity contribution >= 4 is 35.0 Å². The highest BCUT2D eigenvalue weighted by molar-refractivity contribution is 7.07. The number of aromatic nitrogens is 1. The summed E-state index contributed by atoms with van der Waals surface area (Å²) in [4.78, 5) is 44.4. The molecule has 5 aromatic rings. The van der Waals surface area contributed by atoms with E-state index in [4.69, 9.17) is 9.41 Å². The first kappa shape index (κ1) is 28.8. The Morgan fingerprint density at radius 3 is 2.45 bits per heavy atom. The van der Waals surface area contributed by atoms with Crippen molar-refractivity contribution in [1.82, 2.24) is 4.57 Å². The number of carbonyl (C=O) groups is 2. The van der Waals surface area contributed by atoms with E-state index < -0.39 is 12.0 Å². The van der Waals surface area contributed by atoms with Gasteiger partial charge < -0.3 is 14.8 Å². The van der Waals surface area contributed by atoms with Crippen molar-refractivity contribution in [3.63, 3.8) is 0 Å². The summed E-state index contributed by atoms with van der Waals surface area (Å²) >= 11 is 1.22. The number of aromatic carboxylic acids is 1. The Balaban J connectivity index is 1.44. The fourth-order valence-electron chi connectivity index (χ4n) is 5.23. The van der Waals surface area contributed by atoms with Gasteiger partial charge in [0.05, 0.1) is 27.4 Å². The summed E-state index contributed by atoms with van der Waals surface area (Å²) in [7, 11) is 0. The zero-order chi connectivity index (χ0) is 31.0. The fourth-order valence-corrected chi connectivity index (χ4v) is 6.26. The quantitative estimate of drug-likeness (QED) is 0.239. The molecule has 1 atom stereocenters. The van der Waals surface area contributed by atoms with Gasteiger partial charge in [0.25, 0.3) is 11.5 Å². The molecule has 0 saturated heterocycles. The molecule has 44 heavy (non-hydrogen) atoms. The molecule has 0 aliphatic carbocycles. The van der Waals surface area contributed by atoms with Crippen molar-refractivity contribution in [3.05, 3.63) is 144 Å². The van der Waals surface area contributed by atoms with Crippen LogP contribution < -0.4 is 20.2 Å². The third-order valence-corrected chi connectivity index (χ3v) is 8.49. The molecule has 6 rings (SSSR count). The number of furan rings is 1. The van der Waals surface area contributed by atoms with Crippen LogP contribution in [0.3, 0.4) is 0 Å². The van der Waals surface area contributed by atoms with Gasteiger partial charge in [0, 0.05) is 17.3 Å². The number of nitrogens with zero attached hydrogens (tertiary/aromatic N) is 2. The summed E-state index contributed by atoms with van der Waals surface area (Å²) in [6, 6.07) is 26.4. The smallest absolute Gasteiger partial charge is 0.335 e.